The molecule has 0 aromatic heterocycles. The Morgan fingerprint density at radius 2 is 1.40 bits per heavy atom. The summed E-state index contributed by atoms with van der Waals surface area (Å²) in [5.74, 6) is 1.77. The Morgan fingerprint density at radius 1 is 0.767 bits per heavy atom. The van der Waals surface area contributed by atoms with Gasteiger partial charge in [0.15, 0.2) is 11.5 Å². The van der Waals surface area contributed by atoms with Crippen LogP contribution in [0.25, 0.3) is 0 Å². The molecular weight excluding hydrogens is 402 g/mol. The Labute approximate surface area is 177 Å². The van der Waals surface area contributed by atoms with Crippen LogP contribution < -0.4 is 18.5 Å². The van der Waals surface area contributed by atoms with E-state index in [0.717, 1.165) is 11.1 Å². The van der Waals surface area contributed by atoms with E-state index in [0.29, 0.717) is 22.9 Å². The zero-order chi connectivity index (χ0) is 21.7. The molecule has 6 nitrogen and oxygen atoms in total. The summed E-state index contributed by atoms with van der Waals surface area (Å²) in [5, 5.41) is 0. The second-order valence-corrected chi connectivity index (χ2v) is 8.57. The second-order valence-electron chi connectivity index (χ2n) is 6.71. The van der Waals surface area contributed by atoms with Crippen molar-refractivity contribution in [3.05, 3.63) is 77.9 Å². The van der Waals surface area contributed by atoms with Crippen molar-refractivity contribution in [2.24, 2.45) is 0 Å². The van der Waals surface area contributed by atoms with Crippen molar-refractivity contribution in [3.63, 3.8) is 0 Å². The predicted molar refractivity (Wildman–Crippen MR) is 117 cm³/mol. The van der Waals surface area contributed by atoms with Crippen molar-refractivity contribution in [2.75, 3.05) is 25.6 Å². The fourth-order valence-corrected chi connectivity index (χ4v) is 4.50. The molecule has 7 heteroatoms. The highest BCUT2D eigenvalue weighted by Gasteiger charge is 2.25. The maximum atomic E-state index is 13.5. The lowest BCUT2D eigenvalue weighted by Gasteiger charge is -2.25. The first-order valence-electron chi connectivity index (χ1n) is 9.33. The van der Waals surface area contributed by atoms with Gasteiger partial charge in [-0.1, -0.05) is 23.8 Å². The molecule has 0 radical (unpaired) electrons. The van der Waals surface area contributed by atoms with Crippen LogP contribution in [0, 0.1) is 6.92 Å². The quantitative estimate of drug-likeness (QED) is 0.533. The fourth-order valence-electron chi connectivity index (χ4n) is 3.05. The van der Waals surface area contributed by atoms with Crippen molar-refractivity contribution in [1.82, 2.24) is 0 Å². The number of nitrogens with zero attached hydrogens (tertiary/aromatic N) is 1. The van der Waals surface area contributed by atoms with Crippen molar-refractivity contribution < 1.29 is 22.6 Å². The summed E-state index contributed by atoms with van der Waals surface area (Å²) in [6.07, 6.45) is 0. The highest BCUT2D eigenvalue weighted by molar-refractivity contribution is 7.92. The second kappa shape index (κ2) is 9.09. The monoisotopic (exact) mass is 427 g/mol. The van der Waals surface area contributed by atoms with Gasteiger partial charge < -0.3 is 14.2 Å². The molecule has 0 aliphatic carbocycles. The number of methoxy groups -OCH3 is 3. The van der Waals surface area contributed by atoms with Crippen molar-refractivity contribution >= 4 is 15.7 Å². The molecule has 0 heterocycles. The van der Waals surface area contributed by atoms with Gasteiger partial charge in [-0.3, -0.25) is 4.31 Å². The summed E-state index contributed by atoms with van der Waals surface area (Å²) in [6.45, 7) is 2.05. The molecule has 3 aromatic rings. The van der Waals surface area contributed by atoms with Crippen LogP contribution in [-0.2, 0) is 16.6 Å². The standard InChI is InChI=1S/C23H25NO5S/c1-17-5-12-21(13-6-17)30(25,26)24(19-8-10-20(27-2)11-9-19)16-18-7-14-22(28-3)23(15-18)29-4/h5-15H,16H2,1-4H3. The van der Waals surface area contributed by atoms with Gasteiger partial charge in [-0.25, -0.2) is 8.42 Å². The SMILES string of the molecule is COc1ccc(N(Cc2ccc(OC)c(OC)c2)S(=O)(=O)c2ccc(C)cc2)cc1. The molecule has 0 aliphatic heterocycles. The first kappa shape index (κ1) is 21.5. The van der Waals surface area contributed by atoms with Crippen LogP contribution in [0.4, 0.5) is 5.69 Å². The smallest absolute Gasteiger partial charge is 0.264 e. The Balaban J connectivity index is 2.06. The topological polar surface area (TPSA) is 65.1 Å². The number of rotatable bonds is 8. The Kier molecular flexibility index (Phi) is 6.52. The van der Waals surface area contributed by atoms with Crippen LogP contribution in [0.3, 0.4) is 0 Å². The van der Waals surface area contributed by atoms with E-state index in [4.69, 9.17) is 14.2 Å². The van der Waals surface area contributed by atoms with Gasteiger partial charge in [-0.15, -0.1) is 0 Å². The van der Waals surface area contributed by atoms with E-state index in [9.17, 15) is 8.42 Å². The first-order chi connectivity index (χ1) is 14.4. The molecule has 0 N–H and O–H groups in total. The summed E-state index contributed by atoms with van der Waals surface area (Å²) in [5.41, 5.74) is 2.29. The van der Waals surface area contributed by atoms with Gasteiger partial charge in [0.2, 0.25) is 0 Å². The fraction of sp³-hybridized carbons (Fsp3) is 0.217. The molecule has 0 unspecified atom stereocenters. The molecule has 0 fully saturated rings. The normalized spacial score (nSPS) is 11.1. The van der Waals surface area contributed by atoms with Crippen molar-refractivity contribution in [3.8, 4) is 17.2 Å². The minimum Gasteiger partial charge on any atom is -0.497 e. The third-order valence-corrected chi connectivity index (χ3v) is 6.53. The van der Waals surface area contributed by atoms with E-state index in [1.807, 2.05) is 13.0 Å². The van der Waals surface area contributed by atoms with Crippen LogP contribution in [-0.4, -0.2) is 29.7 Å². The highest BCUT2D eigenvalue weighted by atomic mass is 32.2. The van der Waals surface area contributed by atoms with Gasteiger partial charge in [-0.2, -0.15) is 0 Å². The number of sulfonamides is 1. The Morgan fingerprint density at radius 3 is 1.97 bits per heavy atom. The summed E-state index contributed by atoms with van der Waals surface area (Å²) < 4.78 is 44.3. The number of benzene rings is 3. The molecule has 0 saturated heterocycles. The molecule has 0 bridgehead atoms. The number of ether oxygens (including phenoxy) is 3. The zero-order valence-electron chi connectivity index (χ0n) is 17.5. The molecule has 158 valence electrons. The summed E-state index contributed by atoms with van der Waals surface area (Å²) >= 11 is 0. The van der Waals surface area contributed by atoms with Gasteiger partial charge in [0.1, 0.15) is 5.75 Å². The highest BCUT2D eigenvalue weighted by Crippen LogP contribution is 2.31. The van der Waals surface area contributed by atoms with Crippen LogP contribution in [0.15, 0.2) is 71.6 Å². The summed E-state index contributed by atoms with van der Waals surface area (Å²) in [7, 11) is 0.872. The Hall–Kier alpha value is -3.19. The van der Waals surface area contributed by atoms with E-state index in [1.165, 1.54) is 4.31 Å². The molecule has 0 aliphatic rings. The lowest BCUT2D eigenvalue weighted by molar-refractivity contribution is 0.354. The van der Waals surface area contributed by atoms with E-state index >= 15 is 0 Å². The molecule has 30 heavy (non-hydrogen) atoms. The molecule has 0 saturated carbocycles. The van der Waals surface area contributed by atoms with Gasteiger partial charge >= 0.3 is 0 Å². The minimum atomic E-state index is -3.80. The molecule has 3 aromatic carbocycles. The molecular formula is C23H25NO5S. The third-order valence-electron chi connectivity index (χ3n) is 4.74. The largest absolute Gasteiger partial charge is 0.497 e. The predicted octanol–water partition coefficient (Wildman–Crippen LogP) is 4.42. The van der Waals surface area contributed by atoms with E-state index < -0.39 is 10.0 Å². The summed E-state index contributed by atoms with van der Waals surface area (Å²) in [6, 6.07) is 19.1. The zero-order valence-corrected chi connectivity index (χ0v) is 18.3. The van der Waals surface area contributed by atoms with E-state index in [-0.39, 0.29) is 11.4 Å². The lowest BCUT2D eigenvalue weighted by Crippen LogP contribution is -2.30. The molecule has 0 spiro atoms. The van der Waals surface area contributed by atoms with E-state index in [2.05, 4.69) is 0 Å². The number of hydrogen-bond acceptors (Lipinski definition) is 5. The third kappa shape index (κ3) is 4.52. The Bertz CT molecular complexity index is 1090. The van der Waals surface area contributed by atoms with Crippen LogP contribution in [0.5, 0.6) is 17.2 Å². The summed E-state index contributed by atoms with van der Waals surface area (Å²) in [4.78, 5) is 0.226. The molecule has 3 rings (SSSR count). The van der Waals surface area contributed by atoms with Gasteiger partial charge in [0.05, 0.1) is 38.5 Å². The van der Waals surface area contributed by atoms with Crippen LogP contribution in [0.2, 0.25) is 0 Å². The average Bonchev–Trinajstić information content (AvgIpc) is 2.77. The molecule has 0 atom stereocenters. The number of aryl methyl sites for hydroxylation is 1. The van der Waals surface area contributed by atoms with Gasteiger partial charge in [0.25, 0.3) is 10.0 Å². The number of hydrogen-bond donors (Lipinski definition) is 0. The lowest BCUT2D eigenvalue weighted by atomic mass is 10.2. The van der Waals surface area contributed by atoms with Crippen LogP contribution >= 0.6 is 0 Å². The van der Waals surface area contributed by atoms with Crippen molar-refractivity contribution in [1.29, 1.82) is 0 Å². The van der Waals surface area contributed by atoms with Crippen molar-refractivity contribution in [2.45, 2.75) is 18.4 Å². The average molecular weight is 428 g/mol. The maximum absolute atomic E-state index is 13.5. The maximum Gasteiger partial charge on any atom is 0.264 e. The first-order valence-corrected chi connectivity index (χ1v) is 10.8. The molecule has 0 amide bonds. The van der Waals surface area contributed by atoms with Gasteiger partial charge in [-0.05, 0) is 61.0 Å². The minimum absolute atomic E-state index is 0.128. The van der Waals surface area contributed by atoms with Gasteiger partial charge in [0, 0.05) is 0 Å². The van der Waals surface area contributed by atoms with E-state index in [1.54, 1.807) is 82.0 Å². The van der Waals surface area contributed by atoms with Crippen LogP contribution in [0.1, 0.15) is 11.1 Å². The number of anilines is 1.